The van der Waals surface area contributed by atoms with Crippen LogP contribution in [0.15, 0.2) is 24.3 Å². The summed E-state index contributed by atoms with van der Waals surface area (Å²) in [6, 6.07) is 8.43. The molecule has 0 saturated carbocycles. The molecule has 4 rings (SSSR count). The number of fused-ring (bicyclic) bond motifs is 1. The maximum Gasteiger partial charge on any atom is 0.317 e. The van der Waals surface area contributed by atoms with Crippen LogP contribution < -0.4 is 10.6 Å². The molecule has 1 atom stereocenters. The number of aromatic nitrogens is 1. The van der Waals surface area contributed by atoms with Gasteiger partial charge in [0.05, 0.1) is 5.54 Å². The molecule has 2 aromatic rings. The van der Waals surface area contributed by atoms with Gasteiger partial charge in [0.1, 0.15) is 0 Å². The Labute approximate surface area is 159 Å². The number of H-pyrrole nitrogens is 1. The number of amides is 3. The summed E-state index contributed by atoms with van der Waals surface area (Å²) in [4.78, 5) is 29.4. The van der Waals surface area contributed by atoms with Crippen LogP contribution in [0.1, 0.15) is 49.8 Å². The van der Waals surface area contributed by atoms with E-state index in [4.69, 9.17) is 0 Å². The first-order chi connectivity index (χ1) is 13.0. The Hall–Kier alpha value is -2.50. The molecular weight excluding hydrogens is 340 g/mol. The van der Waals surface area contributed by atoms with E-state index < -0.39 is 0 Å². The lowest BCUT2D eigenvalue weighted by atomic mass is 9.87. The highest BCUT2D eigenvalue weighted by molar-refractivity contribution is 5.85. The highest BCUT2D eigenvalue weighted by Crippen LogP contribution is 2.35. The predicted molar refractivity (Wildman–Crippen MR) is 106 cm³/mol. The third-order valence-corrected chi connectivity index (χ3v) is 6.11. The number of likely N-dealkylation sites (tertiary alicyclic amines) is 1. The number of urea groups is 1. The molecule has 1 unspecified atom stereocenters. The molecule has 0 radical (unpaired) electrons. The van der Waals surface area contributed by atoms with Gasteiger partial charge >= 0.3 is 6.03 Å². The summed E-state index contributed by atoms with van der Waals surface area (Å²) in [5, 5.41) is 7.28. The maximum atomic E-state index is 12.5. The number of para-hydroxylation sites is 1. The first kappa shape index (κ1) is 17.9. The zero-order valence-electron chi connectivity index (χ0n) is 16.1. The molecule has 1 aromatic heterocycles. The number of hydrogen-bond acceptors (Lipinski definition) is 2. The molecule has 3 N–H and O–H groups in total. The van der Waals surface area contributed by atoms with E-state index in [0.29, 0.717) is 18.9 Å². The van der Waals surface area contributed by atoms with E-state index in [1.54, 1.807) is 0 Å². The van der Waals surface area contributed by atoms with E-state index >= 15 is 0 Å². The molecule has 0 bridgehead atoms. The number of carbonyl (C=O) groups excluding carboxylic acids is 2. The Morgan fingerprint density at radius 1 is 1.30 bits per heavy atom. The van der Waals surface area contributed by atoms with Gasteiger partial charge in [0.2, 0.25) is 5.91 Å². The van der Waals surface area contributed by atoms with Gasteiger partial charge in [-0.3, -0.25) is 4.79 Å². The average Bonchev–Trinajstić information content (AvgIpc) is 3.18. The fourth-order valence-corrected chi connectivity index (χ4v) is 4.56. The number of aromatic amines is 1. The van der Waals surface area contributed by atoms with E-state index in [9.17, 15) is 9.59 Å². The minimum Gasteiger partial charge on any atom is -0.358 e. The normalized spacial score (nSPS) is 23.6. The van der Waals surface area contributed by atoms with Crippen molar-refractivity contribution < 1.29 is 9.59 Å². The molecule has 1 aromatic carbocycles. The minimum absolute atomic E-state index is 0.0218. The summed E-state index contributed by atoms with van der Waals surface area (Å²) < 4.78 is 0. The lowest BCUT2D eigenvalue weighted by Gasteiger charge is -2.33. The molecule has 3 amide bonds. The van der Waals surface area contributed by atoms with Crippen LogP contribution in [0.5, 0.6) is 0 Å². The topological polar surface area (TPSA) is 77.2 Å². The number of nitrogens with one attached hydrogen (secondary N) is 3. The number of aryl methyl sites for hydroxylation is 1. The second kappa shape index (κ2) is 6.91. The van der Waals surface area contributed by atoms with Crippen molar-refractivity contribution in [2.24, 2.45) is 0 Å². The molecule has 144 valence electrons. The summed E-state index contributed by atoms with van der Waals surface area (Å²) in [6.45, 7) is 6.14. The average molecular weight is 368 g/mol. The van der Waals surface area contributed by atoms with Gasteiger partial charge in [-0.25, -0.2) is 4.79 Å². The van der Waals surface area contributed by atoms with Gasteiger partial charge in [-0.15, -0.1) is 0 Å². The number of nitrogens with zero attached hydrogens (tertiary/aromatic N) is 1. The van der Waals surface area contributed by atoms with Crippen LogP contribution in [0.2, 0.25) is 0 Å². The van der Waals surface area contributed by atoms with E-state index in [0.717, 1.165) is 32.4 Å². The smallest absolute Gasteiger partial charge is 0.317 e. The molecule has 0 spiro atoms. The monoisotopic (exact) mass is 368 g/mol. The van der Waals surface area contributed by atoms with Crippen LogP contribution >= 0.6 is 0 Å². The lowest BCUT2D eigenvalue weighted by Crippen LogP contribution is -2.52. The number of piperidine rings is 1. The molecule has 27 heavy (non-hydrogen) atoms. The number of rotatable bonds is 3. The Bertz CT molecular complexity index is 866. The second-order valence-electron chi connectivity index (χ2n) is 8.24. The van der Waals surface area contributed by atoms with E-state index in [2.05, 4.69) is 46.8 Å². The Kier molecular flexibility index (Phi) is 4.58. The van der Waals surface area contributed by atoms with Gasteiger partial charge in [0.25, 0.3) is 0 Å². The molecule has 0 aliphatic carbocycles. The van der Waals surface area contributed by atoms with E-state index in [-0.39, 0.29) is 17.5 Å². The predicted octanol–water partition coefficient (Wildman–Crippen LogP) is 3.03. The lowest BCUT2D eigenvalue weighted by molar-refractivity contribution is -0.119. The van der Waals surface area contributed by atoms with Crippen LogP contribution in [0.25, 0.3) is 10.9 Å². The van der Waals surface area contributed by atoms with Gasteiger partial charge in [0.15, 0.2) is 0 Å². The highest BCUT2D eigenvalue weighted by atomic mass is 16.2. The second-order valence-corrected chi connectivity index (χ2v) is 8.24. The SMILES string of the molecule is Cc1[nH]c2ccccc2c1C1CCN(C(=O)NCC2(C)CCC(=O)N2)CC1. The summed E-state index contributed by atoms with van der Waals surface area (Å²) in [5.41, 5.74) is 3.53. The third kappa shape index (κ3) is 3.53. The van der Waals surface area contributed by atoms with Gasteiger partial charge in [0, 0.05) is 42.7 Å². The van der Waals surface area contributed by atoms with Crippen molar-refractivity contribution in [2.75, 3.05) is 19.6 Å². The quantitative estimate of drug-likeness (QED) is 0.779. The standard InChI is InChI=1S/C21H28N4O2/c1-14-19(16-5-3-4-6-17(16)23-14)15-8-11-25(12-9-15)20(27)22-13-21(2)10-7-18(26)24-21/h3-6,15,23H,7-13H2,1-2H3,(H,22,27)(H,24,26). The van der Waals surface area contributed by atoms with Crippen LogP contribution in [-0.4, -0.2) is 47.0 Å². The molecule has 3 heterocycles. The maximum absolute atomic E-state index is 12.5. The Morgan fingerprint density at radius 3 is 2.74 bits per heavy atom. The third-order valence-electron chi connectivity index (χ3n) is 6.11. The Balaban J connectivity index is 1.35. The first-order valence-corrected chi connectivity index (χ1v) is 9.86. The summed E-state index contributed by atoms with van der Waals surface area (Å²) in [6.07, 6.45) is 3.27. The van der Waals surface area contributed by atoms with E-state index in [1.807, 2.05) is 11.8 Å². The molecule has 2 fully saturated rings. The molecule has 6 nitrogen and oxygen atoms in total. The van der Waals surface area contributed by atoms with Crippen molar-refractivity contribution in [1.82, 2.24) is 20.5 Å². The van der Waals surface area contributed by atoms with Crippen molar-refractivity contribution in [3.8, 4) is 0 Å². The minimum atomic E-state index is -0.313. The first-order valence-electron chi connectivity index (χ1n) is 9.86. The van der Waals surface area contributed by atoms with E-state index in [1.165, 1.54) is 22.2 Å². The van der Waals surface area contributed by atoms with Crippen molar-refractivity contribution in [3.63, 3.8) is 0 Å². The van der Waals surface area contributed by atoms with Crippen molar-refractivity contribution in [2.45, 2.75) is 51.0 Å². The number of carbonyl (C=O) groups is 2. The van der Waals surface area contributed by atoms with Gasteiger partial charge in [-0.05, 0) is 50.7 Å². The summed E-state index contributed by atoms with van der Waals surface area (Å²) in [5.74, 6) is 0.554. The summed E-state index contributed by atoms with van der Waals surface area (Å²) >= 11 is 0. The molecule has 6 heteroatoms. The van der Waals surface area contributed by atoms with Crippen LogP contribution in [0.4, 0.5) is 4.79 Å². The largest absolute Gasteiger partial charge is 0.358 e. The molecule has 2 saturated heterocycles. The summed E-state index contributed by atoms with van der Waals surface area (Å²) in [7, 11) is 0. The molecule has 2 aliphatic heterocycles. The van der Waals surface area contributed by atoms with Gasteiger partial charge < -0.3 is 20.5 Å². The molecule has 2 aliphatic rings. The molecular formula is C21H28N4O2. The fourth-order valence-electron chi connectivity index (χ4n) is 4.56. The zero-order valence-corrected chi connectivity index (χ0v) is 16.1. The Morgan fingerprint density at radius 2 is 2.04 bits per heavy atom. The van der Waals surface area contributed by atoms with Crippen LogP contribution in [0, 0.1) is 6.92 Å². The zero-order chi connectivity index (χ0) is 19.0. The highest BCUT2D eigenvalue weighted by Gasteiger charge is 2.34. The van der Waals surface area contributed by atoms with Crippen LogP contribution in [-0.2, 0) is 4.79 Å². The van der Waals surface area contributed by atoms with Crippen molar-refractivity contribution in [3.05, 3.63) is 35.5 Å². The van der Waals surface area contributed by atoms with Crippen molar-refractivity contribution >= 4 is 22.8 Å². The fraction of sp³-hybridized carbons (Fsp3) is 0.524. The van der Waals surface area contributed by atoms with Crippen LogP contribution in [0.3, 0.4) is 0 Å². The van der Waals surface area contributed by atoms with Crippen molar-refractivity contribution in [1.29, 1.82) is 0 Å². The number of benzene rings is 1. The number of hydrogen-bond donors (Lipinski definition) is 3. The van der Waals surface area contributed by atoms with Gasteiger partial charge in [-0.2, -0.15) is 0 Å². The van der Waals surface area contributed by atoms with Gasteiger partial charge in [-0.1, -0.05) is 18.2 Å².